The molecule has 6 nitrogen and oxygen atoms in total. The molecular formula is C54H94Ba2O6P2. The summed E-state index contributed by atoms with van der Waals surface area (Å²) in [5.74, 6) is 0. The number of hydrogen-bond donors (Lipinski definition) is 0. The molecule has 0 heterocycles. The van der Waals surface area contributed by atoms with Crippen LogP contribution in [0.3, 0.4) is 0 Å². The van der Waals surface area contributed by atoms with Gasteiger partial charge in [-0.3, -0.25) is 0 Å². The van der Waals surface area contributed by atoms with Crippen molar-refractivity contribution >= 4 is 113 Å². The summed E-state index contributed by atoms with van der Waals surface area (Å²) in [5.41, 5.74) is 1.92. The fourth-order valence-corrected chi connectivity index (χ4v) is 11.2. The molecule has 0 amide bonds. The largest absolute Gasteiger partial charge is 2.00 e. The zero-order chi connectivity index (χ0) is 45.6. The quantitative estimate of drug-likeness (QED) is 0.0372. The molecule has 0 saturated heterocycles. The molecule has 0 N–H and O–H groups in total. The summed E-state index contributed by atoms with van der Waals surface area (Å²) in [7, 11) is -9.31. The SMILES string of the molecule is CCCCCCCCCCCC(c1ccccc1CCCCCCCCC)P(=O)([O-])[O-].CCCCCCCCCCCC(c1ccccc1CCCCCCCCC)P(=O)([O-])[O-].[Ba+2].[Ba+2]. The van der Waals surface area contributed by atoms with Gasteiger partial charge in [-0.1, -0.05) is 284 Å². The maximum Gasteiger partial charge on any atom is 2.00 e. The molecule has 360 valence electrons. The average molecular weight is 1180 g/mol. The van der Waals surface area contributed by atoms with Gasteiger partial charge in [0.1, 0.15) is 0 Å². The van der Waals surface area contributed by atoms with Crippen LogP contribution in [0.2, 0.25) is 0 Å². The Morgan fingerprint density at radius 1 is 0.344 bits per heavy atom. The number of rotatable bonds is 40. The van der Waals surface area contributed by atoms with Crippen molar-refractivity contribution in [2.75, 3.05) is 0 Å². The molecule has 10 heteroatoms. The molecule has 0 aliphatic rings. The van der Waals surface area contributed by atoms with Gasteiger partial charge in [-0.2, -0.15) is 0 Å². The topological polar surface area (TPSA) is 126 Å². The maximum atomic E-state index is 12.1. The van der Waals surface area contributed by atoms with E-state index in [1.165, 1.54) is 154 Å². The summed E-state index contributed by atoms with van der Waals surface area (Å²) in [5, 5.41) is 0. The van der Waals surface area contributed by atoms with Gasteiger partial charge in [0.15, 0.2) is 0 Å². The van der Waals surface area contributed by atoms with Crippen LogP contribution in [0.4, 0.5) is 0 Å². The van der Waals surface area contributed by atoms with Gasteiger partial charge in [-0.05, 0) is 60.8 Å². The molecule has 0 aliphatic heterocycles. The second-order valence-electron chi connectivity index (χ2n) is 18.5. The average Bonchev–Trinajstić information content (AvgIpc) is 3.24. The molecule has 0 aromatic heterocycles. The molecule has 2 aromatic carbocycles. The monoisotopic (exact) mass is 1180 g/mol. The number of hydrogen-bond acceptors (Lipinski definition) is 6. The number of benzene rings is 2. The molecule has 2 rings (SSSR count). The van der Waals surface area contributed by atoms with E-state index in [1.807, 2.05) is 48.5 Å². The molecule has 2 atom stereocenters. The third-order valence-corrected chi connectivity index (χ3v) is 15.5. The summed E-state index contributed by atoms with van der Waals surface area (Å²) < 4.78 is 24.2. The van der Waals surface area contributed by atoms with Crippen LogP contribution in [-0.2, 0) is 22.0 Å². The summed E-state index contributed by atoms with van der Waals surface area (Å²) >= 11 is 0. The van der Waals surface area contributed by atoms with Crippen molar-refractivity contribution in [2.24, 2.45) is 0 Å². The molecule has 0 fully saturated rings. The number of unbranched alkanes of at least 4 members (excludes halogenated alkanes) is 28. The van der Waals surface area contributed by atoms with Crippen LogP contribution in [0.25, 0.3) is 0 Å². The molecule has 0 spiro atoms. The van der Waals surface area contributed by atoms with Crippen molar-refractivity contribution in [3.8, 4) is 0 Å². The van der Waals surface area contributed by atoms with Crippen molar-refractivity contribution in [3.05, 3.63) is 70.8 Å². The molecule has 0 saturated carbocycles. The van der Waals surface area contributed by atoms with Crippen LogP contribution < -0.4 is 19.6 Å². The van der Waals surface area contributed by atoms with Gasteiger partial charge in [0.25, 0.3) is 0 Å². The molecule has 0 radical (unpaired) electrons. The van der Waals surface area contributed by atoms with E-state index in [0.717, 1.165) is 86.5 Å². The van der Waals surface area contributed by atoms with E-state index < -0.39 is 26.5 Å². The van der Waals surface area contributed by atoms with Crippen molar-refractivity contribution < 1.29 is 28.7 Å². The third-order valence-electron chi connectivity index (χ3n) is 12.9. The molecular weight excluding hydrogens is 1080 g/mol. The second kappa shape index (κ2) is 46.0. The third kappa shape index (κ3) is 35.9. The van der Waals surface area contributed by atoms with E-state index in [9.17, 15) is 28.7 Å². The van der Waals surface area contributed by atoms with Gasteiger partial charge >= 0.3 is 97.8 Å². The Morgan fingerprint density at radius 2 is 0.562 bits per heavy atom. The first-order valence-electron chi connectivity index (χ1n) is 26.2. The van der Waals surface area contributed by atoms with Crippen molar-refractivity contribution in [3.63, 3.8) is 0 Å². The Bertz CT molecular complexity index is 1310. The minimum Gasteiger partial charge on any atom is -0.810 e. The van der Waals surface area contributed by atoms with E-state index in [4.69, 9.17) is 0 Å². The predicted octanol–water partition coefficient (Wildman–Crippen LogP) is 14.9. The van der Waals surface area contributed by atoms with Crippen LogP contribution in [0, 0.1) is 0 Å². The van der Waals surface area contributed by atoms with Crippen molar-refractivity contribution in [1.29, 1.82) is 0 Å². The minimum atomic E-state index is -4.66. The Balaban J connectivity index is 0. The van der Waals surface area contributed by atoms with Gasteiger partial charge < -0.3 is 28.7 Å². The zero-order valence-corrected chi connectivity index (χ0v) is 52.7. The molecule has 2 aromatic rings. The van der Waals surface area contributed by atoms with Crippen LogP contribution in [0.15, 0.2) is 48.5 Å². The van der Waals surface area contributed by atoms with E-state index in [-0.39, 0.29) is 97.8 Å². The van der Waals surface area contributed by atoms with E-state index in [0.29, 0.717) is 12.8 Å². The van der Waals surface area contributed by atoms with Gasteiger partial charge in [0.2, 0.25) is 0 Å². The summed E-state index contributed by atoms with van der Waals surface area (Å²) in [6, 6.07) is 15.5. The van der Waals surface area contributed by atoms with Gasteiger partial charge in [0.05, 0.1) is 0 Å². The Kier molecular flexibility index (Phi) is 48.8. The number of aryl methyl sites for hydroxylation is 2. The Hall–Kier alpha value is 1.88. The second-order valence-corrected chi connectivity index (χ2v) is 21.9. The van der Waals surface area contributed by atoms with Crippen LogP contribution in [0.5, 0.6) is 0 Å². The van der Waals surface area contributed by atoms with Crippen LogP contribution >= 0.6 is 15.2 Å². The molecule has 64 heavy (non-hydrogen) atoms. The van der Waals surface area contributed by atoms with E-state index >= 15 is 0 Å². The maximum absolute atomic E-state index is 12.1. The summed E-state index contributed by atoms with van der Waals surface area (Å²) in [6.07, 6.45) is 41.3. The molecule has 2 unspecified atom stereocenters. The predicted molar refractivity (Wildman–Crippen MR) is 272 cm³/mol. The molecule has 0 bridgehead atoms. The molecule has 0 aliphatic carbocycles. The van der Waals surface area contributed by atoms with Gasteiger partial charge in [0, 0.05) is 11.3 Å². The van der Waals surface area contributed by atoms with Crippen LogP contribution in [-0.4, -0.2) is 97.8 Å². The van der Waals surface area contributed by atoms with E-state index in [1.54, 1.807) is 0 Å². The minimum absolute atomic E-state index is 0. The normalized spacial score (nSPS) is 12.5. The van der Waals surface area contributed by atoms with Crippen LogP contribution in [0.1, 0.15) is 280 Å². The van der Waals surface area contributed by atoms with Crippen molar-refractivity contribution in [2.45, 2.75) is 270 Å². The fraction of sp³-hybridized carbons (Fsp3) is 0.778. The summed E-state index contributed by atoms with van der Waals surface area (Å²) in [4.78, 5) is 48.4. The standard InChI is InChI=1S/2C27H49O3P.2Ba/c2*1-3-5-7-9-11-12-14-16-18-24-27(31(28,29)30)26-23-20-19-22-25(26)21-17-15-13-10-8-6-4-2;;/h2*19-20,22-23,27H,3-18,21,24H2,1-2H3,(H2,28,29,30);;/q;;2*+2/p-4. The fourth-order valence-electron chi connectivity index (χ4n) is 8.98. The first-order chi connectivity index (χ1) is 30.0. The Labute approximate surface area is 476 Å². The first kappa shape index (κ1) is 68.0. The van der Waals surface area contributed by atoms with E-state index in [2.05, 4.69) is 27.7 Å². The van der Waals surface area contributed by atoms with Gasteiger partial charge in [-0.25, -0.2) is 0 Å². The smallest absolute Gasteiger partial charge is 0.810 e. The first-order valence-corrected chi connectivity index (χ1v) is 29.4. The zero-order valence-electron chi connectivity index (χ0n) is 42.0. The summed E-state index contributed by atoms with van der Waals surface area (Å²) in [6.45, 7) is 8.92. The van der Waals surface area contributed by atoms with Crippen molar-refractivity contribution in [1.82, 2.24) is 0 Å². The van der Waals surface area contributed by atoms with Gasteiger partial charge in [-0.15, -0.1) is 0 Å². The Morgan fingerprint density at radius 3 is 0.812 bits per heavy atom.